The quantitative estimate of drug-likeness (QED) is 0.496. The van der Waals surface area contributed by atoms with Crippen molar-refractivity contribution < 1.29 is 31.0 Å². The number of nitrogens with zero attached hydrogens (tertiary/aromatic N) is 2. The number of ether oxygens (including phenoxy) is 2. The van der Waals surface area contributed by atoms with Gasteiger partial charge in [0.1, 0.15) is 18.1 Å². The number of carbonyl (C=O) groups excluding carboxylic acids is 1. The first-order valence-electron chi connectivity index (χ1n) is 12.5. The van der Waals surface area contributed by atoms with Crippen molar-refractivity contribution in [2.45, 2.75) is 31.5 Å². The molecule has 0 atom stereocenters. The van der Waals surface area contributed by atoms with E-state index in [1.807, 2.05) is 42.5 Å². The third-order valence-corrected chi connectivity index (χ3v) is 7.31. The van der Waals surface area contributed by atoms with Crippen LogP contribution in [0, 0.1) is 11.6 Å². The number of rotatable bonds is 7. The van der Waals surface area contributed by atoms with E-state index >= 15 is 0 Å². The first kappa shape index (κ1) is 25.3. The largest absolute Gasteiger partial charge is 0.487 e. The van der Waals surface area contributed by atoms with Gasteiger partial charge in [-0.1, -0.05) is 24.3 Å². The SMILES string of the molecule is NC(=O)COc1ccc2c(c1)/C(=C/CCN1CCC(O)(c3ccc([ClH+])cc3)CC1)c1cccnc1CO2. The molecule has 0 bridgehead atoms. The van der Waals surface area contributed by atoms with Gasteiger partial charge in [0.15, 0.2) is 18.2 Å². The van der Waals surface area contributed by atoms with Gasteiger partial charge in [-0.2, -0.15) is 0 Å². The van der Waals surface area contributed by atoms with Crippen LogP contribution in [0.4, 0.5) is 0 Å². The number of amides is 1. The van der Waals surface area contributed by atoms with Gasteiger partial charge in [-0.3, -0.25) is 9.78 Å². The lowest BCUT2D eigenvalue weighted by atomic mass is 9.84. The fourth-order valence-corrected chi connectivity index (χ4v) is 5.13. The fourth-order valence-electron chi connectivity index (χ4n) is 4.99. The molecule has 0 spiro atoms. The minimum Gasteiger partial charge on any atom is -0.487 e. The Labute approximate surface area is 221 Å². The van der Waals surface area contributed by atoms with Gasteiger partial charge >= 0.3 is 0 Å². The first-order chi connectivity index (χ1) is 17.9. The number of aliphatic hydroxyl groups is 1. The van der Waals surface area contributed by atoms with Gasteiger partial charge in [-0.05, 0) is 54.7 Å². The maximum absolute atomic E-state index is 11.2. The van der Waals surface area contributed by atoms with Gasteiger partial charge in [-0.15, -0.1) is 0 Å². The van der Waals surface area contributed by atoms with Crippen molar-refractivity contribution in [3.05, 3.63) is 94.3 Å². The molecule has 8 heteroatoms. The standard InChI is InChI=1S/C29H30ClN3O4/c30-21-7-5-20(6-8-21)29(35)11-15-33(16-12-29)14-2-4-23-24-3-1-13-32-26(24)18-37-27-10-9-22(17-25(23)27)36-19-28(31)34/h1,3-10,13,17,30,35H,2,11-12,14-16,18-19H2,(H-,31,34)/p+1/b23-4+. The van der Waals surface area contributed by atoms with Crippen LogP contribution in [-0.4, -0.2) is 47.1 Å². The first-order valence-corrected chi connectivity index (χ1v) is 12.9. The molecule has 1 amide bonds. The van der Waals surface area contributed by atoms with Gasteiger partial charge in [0.05, 0.1) is 11.3 Å². The molecule has 5 rings (SSSR count). The molecule has 2 aliphatic heterocycles. The Kier molecular flexibility index (Phi) is 7.46. The van der Waals surface area contributed by atoms with Crippen molar-refractivity contribution in [3.63, 3.8) is 0 Å². The summed E-state index contributed by atoms with van der Waals surface area (Å²) in [6, 6.07) is 17.2. The van der Waals surface area contributed by atoms with Crippen molar-refractivity contribution in [2.75, 3.05) is 26.2 Å². The highest BCUT2D eigenvalue weighted by molar-refractivity contribution is 5.85. The highest BCUT2D eigenvalue weighted by atomic mass is 35.5. The van der Waals surface area contributed by atoms with Crippen LogP contribution in [0.2, 0.25) is 5.02 Å². The molecule has 192 valence electrons. The maximum atomic E-state index is 11.2. The van der Waals surface area contributed by atoms with E-state index in [1.165, 1.54) is 0 Å². The van der Waals surface area contributed by atoms with Crippen LogP contribution in [-0.2, 0) is 17.0 Å². The molecule has 37 heavy (non-hydrogen) atoms. The van der Waals surface area contributed by atoms with Crippen molar-refractivity contribution in [3.8, 4) is 11.5 Å². The Morgan fingerprint density at radius 2 is 1.95 bits per heavy atom. The molecule has 3 heterocycles. The highest BCUT2D eigenvalue weighted by Gasteiger charge is 2.34. The molecule has 3 aromatic rings. The Morgan fingerprint density at radius 3 is 2.70 bits per heavy atom. The number of halogens is 1. The second-order valence-corrected chi connectivity index (χ2v) is 9.97. The minimum atomic E-state index is -0.804. The number of nitrogens with two attached hydrogens (primary N) is 1. The normalized spacial score (nSPS) is 17.8. The summed E-state index contributed by atoms with van der Waals surface area (Å²) < 4.78 is 11.6. The zero-order valence-electron chi connectivity index (χ0n) is 20.6. The molecular formula is C29H31ClN3O4+. The smallest absolute Gasteiger partial charge is 0.255 e. The van der Waals surface area contributed by atoms with Crippen LogP contribution in [0.1, 0.15) is 41.6 Å². The number of pyridine rings is 1. The van der Waals surface area contributed by atoms with E-state index in [0.29, 0.717) is 25.2 Å². The molecule has 2 aromatic carbocycles. The van der Waals surface area contributed by atoms with Gasteiger partial charge in [0, 0.05) is 49.1 Å². The number of likely N-dealkylation sites (tertiary alicyclic amines) is 1. The summed E-state index contributed by atoms with van der Waals surface area (Å²) in [6.45, 7) is 2.69. The topological polar surface area (TPSA) is 97.9 Å². The zero-order valence-corrected chi connectivity index (χ0v) is 21.4. The lowest BCUT2D eigenvalue weighted by Crippen LogP contribution is -2.42. The number of carbonyl (C=O) groups is 1. The van der Waals surface area contributed by atoms with E-state index in [2.05, 4.69) is 22.0 Å². The zero-order chi connectivity index (χ0) is 25.8. The number of fused-ring (bicyclic) bond motifs is 2. The van der Waals surface area contributed by atoms with Crippen LogP contribution in [0.5, 0.6) is 11.5 Å². The number of benzene rings is 2. The molecule has 1 saturated heterocycles. The average molecular weight is 521 g/mol. The molecule has 0 aliphatic carbocycles. The fraction of sp³-hybridized carbons (Fsp3) is 0.310. The lowest BCUT2D eigenvalue weighted by molar-refractivity contribution is -0.288. The summed E-state index contributed by atoms with van der Waals surface area (Å²) in [5, 5.41) is 12.0. The van der Waals surface area contributed by atoms with E-state index in [4.69, 9.17) is 26.8 Å². The molecule has 0 saturated carbocycles. The Bertz CT molecular complexity index is 1300. The van der Waals surface area contributed by atoms with Crippen LogP contribution in [0.15, 0.2) is 66.9 Å². The molecule has 1 aromatic heterocycles. The average Bonchev–Trinajstić information content (AvgIpc) is 3.06. The summed E-state index contributed by atoms with van der Waals surface area (Å²) in [7, 11) is 0. The van der Waals surface area contributed by atoms with Crippen LogP contribution in [0.3, 0.4) is 0 Å². The van der Waals surface area contributed by atoms with Crippen LogP contribution >= 0.6 is 0 Å². The van der Waals surface area contributed by atoms with Crippen LogP contribution < -0.4 is 15.2 Å². The molecule has 0 radical (unpaired) electrons. The predicted molar refractivity (Wildman–Crippen MR) is 138 cm³/mol. The summed E-state index contributed by atoms with van der Waals surface area (Å²) in [6.07, 6.45) is 6.18. The highest BCUT2D eigenvalue weighted by Crippen LogP contribution is 2.39. The third kappa shape index (κ3) is 5.80. The van der Waals surface area contributed by atoms with E-state index in [0.717, 1.165) is 64.8 Å². The number of hydrogen-bond donors (Lipinski definition) is 2. The monoisotopic (exact) mass is 520 g/mol. The van der Waals surface area contributed by atoms with Crippen LogP contribution in [0.25, 0.3) is 5.57 Å². The Balaban J connectivity index is 1.32. The summed E-state index contributed by atoms with van der Waals surface area (Å²) >= 11 is 5.19. The molecule has 0 unspecified atom stereocenters. The van der Waals surface area contributed by atoms with Crippen molar-refractivity contribution in [1.29, 1.82) is 0 Å². The number of hydrogen-bond acceptors (Lipinski definition) is 6. The lowest BCUT2D eigenvalue weighted by Gasteiger charge is -2.38. The third-order valence-electron chi connectivity index (χ3n) is 7.04. The summed E-state index contributed by atoms with van der Waals surface area (Å²) in [5.74, 6) is 0.768. The van der Waals surface area contributed by atoms with Gasteiger partial charge in [-0.25, -0.2) is 0 Å². The Hall–Kier alpha value is -3.39. The summed E-state index contributed by atoms with van der Waals surface area (Å²) in [4.78, 5) is 18.1. The maximum Gasteiger partial charge on any atom is 0.255 e. The van der Waals surface area contributed by atoms with Crippen molar-refractivity contribution in [2.24, 2.45) is 5.73 Å². The van der Waals surface area contributed by atoms with E-state index in [1.54, 1.807) is 12.3 Å². The molecule has 1 fully saturated rings. The predicted octanol–water partition coefficient (Wildman–Crippen LogP) is 3.34. The van der Waals surface area contributed by atoms with Crippen molar-refractivity contribution in [1.82, 2.24) is 9.88 Å². The molecule has 2 aliphatic rings. The molecular weight excluding hydrogens is 490 g/mol. The van der Waals surface area contributed by atoms with E-state index in [-0.39, 0.29) is 6.61 Å². The number of aromatic nitrogens is 1. The molecule has 3 N–H and O–H groups in total. The number of primary amides is 1. The second-order valence-electron chi connectivity index (χ2n) is 9.50. The van der Waals surface area contributed by atoms with Gasteiger partial charge in [0.2, 0.25) is 5.02 Å². The number of piperidine rings is 1. The van der Waals surface area contributed by atoms with Gasteiger partial charge in [0.25, 0.3) is 5.91 Å². The van der Waals surface area contributed by atoms with E-state index < -0.39 is 11.5 Å². The molecule has 7 nitrogen and oxygen atoms in total. The minimum absolute atomic E-state index is 0.185. The van der Waals surface area contributed by atoms with E-state index in [9.17, 15) is 9.90 Å². The van der Waals surface area contributed by atoms with Crippen molar-refractivity contribution >= 4 is 11.5 Å². The Morgan fingerprint density at radius 1 is 1.16 bits per heavy atom. The summed E-state index contributed by atoms with van der Waals surface area (Å²) in [5.41, 5.74) is 9.20. The van der Waals surface area contributed by atoms with Gasteiger partial charge < -0.3 is 25.2 Å². The second kappa shape index (κ2) is 10.9.